The van der Waals surface area contributed by atoms with E-state index in [0.717, 1.165) is 10.9 Å². The van der Waals surface area contributed by atoms with Crippen molar-refractivity contribution in [1.29, 1.82) is 0 Å². The van der Waals surface area contributed by atoms with E-state index in [1.54, 1.807) is 102 Å². The van der Waals surface area contributed by atoms with Crippen LogP contribution in [0.15, 0.2) is 79.4 Å². The fourth-order valence-electron chi connectivity index (χ4n) is 9.91. The molecule has 0 unspecified atom stereocenters. The van der Waals surface area contributed by atoms with Crippen molar-refractivity contribution in [1.82, 2.24) is 15.5 Å². The monoisotopic (exact) mass is 1250 g/mol. The largest absolute Gasteiger partial charge is 0.531 e. The van der Waals surface area contributed by atoms with Crippen LogP contribution in [-0.2, 0) is 44.0 Å². The normalized spacial score (nSPS) is 15.4. The van der Waals surface area contributed by atoms with Crippen molar-refractivity contribution in [2.24, 2.45) is 0 Å². The molecule has 0 bridgehead atoms. The van der Waals surface area contributed by atoms with Gasteiger partial charge in [0.05, 0.1) is 54.5 Å². The Bertz CT molecular complexity index is 3090. The van der Waals surface area contributed by atoms with E-state index in [0.29, 0.717) is 80.4 Å². The van der Waals surface area contributed by atoms with Gasteiger partial charge in [0.15, 0.2) is 11.5 Å². The lowest BCUT2D eigenvalue weighted by atomic mass is 9.95. The van der Waals surface area contributed by atoms with E-state index in [1.165, 1.54) is 25.3 Å². The second-order valence-corrected chi connectivity index (χ2v) is 26.0. The minimum absolute atomic E-state index is 0.0704. The smallest absolute Gasteiger partial charge is 0.493 e. The average Bonchev–Trinajstić information content (AvgIpc) is 1.82. The van der Waals surface area contributed by atoms with Crippen molar-refractivity contribution in [3.05, 3.63) is 96.1 Å². The number of likely N-dealkylation sites (tertiary alicyclic amines) is 1. The highest BCUT2D eigenvalue weighted by molar-refractivity contribution is 7.49. The SMILES string of the molecule is C=CCOC(=O)NCCCC[C@H](NC(=O)OC(C)(C)C)C(=O)Nc1ccc(COC(=O)Nc2cc(OCCCCCC(=O)N3C[C@@H](CCl)c4c3cc(OP(=O)(OC(C)(C)C)OC(C)(C)C)c3ccccc43)c(OC)cc2C(=O)N2CCC[C@H]2CO)cc1. The second kappa shape index (κ2) is 31.2. The molecule has 6 amide bonds. The minimum atomic E-state index is -4.22. The molecule has 2 aliphatic rings. The molecule has 1 fully saturated rings. The molecule has 1 saturated heterocycles. The number of ether oxygens (including phenoxy) is 5. The van der Waals surface area contributed by atoms with Gasteiger partial charge >= 0.3 is 26.1 Å². The first-order valence-corrected chi connectivity index (χ1v) is 31.4. The third-order valence-corrected chi connectivity index (χ3v) is 16.0. The number of carbonyl (C=O) groups excluding carboxylic acids is 6. The first-order chi connectivity index (χ1) is 41.1. The van der Waals surface area contributed by atoms with Gasteiger partial charge in [0.25, 0.3) is 5.91 Å². The second-order valence-electron chi connectivity index (χ2n) is 24.2. The number of aliphatic hydroxyl groups excluding tert-OH is 1. The van der Waals surface area contributed by atoms with E-state index in [2.05, 4.69) is 27.8 Å². The average molecular weight is 1250 g/mol. The number of hydrogen-bond acceptors (Lipinski definition) is 16. The number of alkyl halides is 1. The number of phosphoric ester groups is 1. The summed E-state index contributed by atoms with van der Waals surface area (Å²) in [6, 6.07) is 17.4. The lowest BCUT2D eigenvalue weighted by molar-refractivity contribution is -0.119. The Hall–Kier alpha value is -7.10. The molecule has 2 aliphatic heterocycles. The molecule has 0 saturated carbocycles. The number of benzene rings is 4. The van der Waals surface area contributed by atoms with E-state index in [-0.39, 0.29) is 92.0 Å². The predicted molar refractivity (Wildman–Crippen MR) is 333 cm³/mol. The number of carbonyl (C=O) groups is 6. The topological polar surface area (TPSA) is 268 Å². The van der Waals surface area contributed by atoms with Crippen molar-refractivity contribution in [2.75, 3.05) is 68.0 Å². The summed E-state index contributed by atoms with van der Waals surface area (Å²) in [6.45, 7) is 20.1. The van der Waals surface area contributed by atoms with Gasteiger partial charge in [-0.05, 0) is 148 Å². The zero-order chi connectivity index (χ0) is 63.7. The van der Waals surface area contributed by atoms with Crippen LogP contribution < -0.4 is 40.2 Å². The van der Waals surface area contributed by atoms with Gasteiger partial charge in [-0.2, -0.15) is 0 Å². The van der Waals surface area contributed by atoms with Gasteiger partial charge in [-0.15, -0.1) is 11.6 Å². The van der Waals surface area contributed by atoms with Crippen molar-refractivity contribution >= 4 is 83.3 Å². The van der Waals surface area contributed by atoms with Crippen LogP contribution >= 0.6 is 19.4 Å². The van der Waals surface area contributed by atoms with Gasteiger partial charge in [0.1, 0.15) is 30.6 Å². The lowest BCUT2D eigenvalue weighted by Gasteiger charge is -2.31. The van der Waals surface area contributed by atoms with Crippen LogP contribution in [-0.4, -0.2) is 127 Å². The van der Waals surface area contributed by atoms with Gasteiger partial charge < -0.3 is 59.1 Å². The number of unbranched alkanes of at least 4 members (excludes halogenated alkanes) is 3. The maximum Gasteiger partial charge on any atom is 0.531 e. The molecule has 2 heterocycles. The summed E-state index contributed by atoms with van der Waals surface area (Å²) in [5.41, 5.74) is 0.0729. The molecule has 24 heteroatoms. The third kappa shape index (κ3) is 20.8. The maximum atomic E-state index is 14.4. The van der Waals surface area contributed by atoms with Crippen LogP contribution in [0, 0.1) is 0 Å². The fourth-order valence-corrected chi connectivity index (χ4v) is 12.0. The number of fused-ring (bicyclic) bond motifs is 3. The number of halogens is 1. The van der Waals surface area contributed by atoms with E-state index in [9.17, 15) is 38.4 Å². The van der Waals surface area contributed by atoms with Gasteiger partial charge in [-0.3, -0.25) is 28.7 Å². The number of amides is 6. The molecular formula is C63H86ClN6O16P. The zero-order valence-electron chi connectivity index (χ0n) is 51.7. The van der Waals surface area contributed by atoms with E-state index in [4.69, 9.17) is 48.9 Å². The Labute approximate surface area is 515 Å². The molecule has 6 rings (SSSR count). The van der Waals surface area contributed by atoms with Crippen LogP contribution in [0.1, 0.15) is 148 Å². The molecule has 476 valence electrons. The number of nitrogens with one attached hydrogen (secondary N) is 4. The van der Waals surface area contributed by atoms with Crippen LogP contribution in [0.3, 0.4) is 0 Å². The highest BCUT2D eigenvalue weighted by atomic mass is 35.5. The van der Waals surface area contributed by atoms with Crippen LogP contribution in [0.25, 0.3) is 10.8 Å². The van der Waals surface area contributed by atoms with Crippen molar-refractivity contribution in [3.63, 3.8) is 0 Å². The van der Waals surface area contributed by atoms with Crippen molar-refractivity contribution < 1.29 is 75.7 Å². The lowest BCUT2D eigenvalue weighted by Crippen LogP contribution is -2.45. The third-order valence-electron chi connectivity index (χ3n) is 13.6. The molecule has 0 aromatic heterocycles. The number of phosphoric acid groups is 1. The molecule has 22 nitrogen and oxygen atoms in total. The van der Waals surface area contributed by atoms with Gasteiger partial charge in [-0.25, -0.2) is 18.9 Å². The summed E-state index contributed by atoms with van der Waals surface area (Å²) >= 11 is 6.58. The van der Waals surface area contributed by atoms with Crippen LogP contribution in [0.2, 0.25) is 0 Å². The Balaban J connectivity index is 1.08. The molecule has 4 aromatic rings. The molecule has 0 spiro atoms. The van der Waals surface area contributed by atoms with Crippen molar-refractivity contribution in [2.45, 2.75) is 162 Å². The Morgan fingerprint density at radius 3 is 2.15 bits per heavy atom. The summed E-state index contributed by atoms with van der Waals surface area (Å²) < 4.78 is 60.4. The fraction of sp³-hybridized carbons (Fsp3) is 0.524. The Kier molecular flexibility index (Phi) is 24.7. The summed E-state index contributed by atoms with van der Waals surface area (Å²) in [7, 11) is -2.79. The number of aliphatic hydroxyl groups is 1. The summed E-state index contributed by atoms with van der Waals surface area (Å²) in [5.74, 6) is -0.271. The number of hydrogen-bond donors (Lipinski definition) is 5. The van der Waals surface area contributed by atoms with Crippen molar-refractivity contribution in [3.8, 4) is 17.2 Å². The first kappa shape index (κ1) is 69.0. The molecule has 0 aliphatic carbocycles. The molecule has 4 aromatic carbocycles. The molecule has 5 N–H and O–H groups in total. The number of nitrogens with zero attached hydrogens (tertiary/aromatic N) is 2. The van der Waals surface area contributed by atoms with E-state index < -0.39 is 66.8 Å². The number of anilines is 3. The molecular weight excluding hydrogens is 1160 g/mol. The molecule has 87 heavy (non-hydrogen) atoms. The van der Waals surface area contributed by atoms with Crippen LogP contribution in [0.5, 0.6) is 17.2 Å². The number of methoxy groups -OCH3 is 1. The highest BCUT2D eigenvalue weighted by Crippen LogP contribution is 2.57. The number of rotatable bonds is 28. The summed E-state index contributed by atoms with van der Waals surface area (Å²) in [6.07, 6.45) is 3.52. The summed E-state index contributed by atoms with van der Waals surface area (Å²) in [4.78, 5) is 83.2. The van der Waals surface area contributed by atoms with E-state index in [1.807, 2.05) is 24.3 Å². The van der Waals surface area contributed by atoms with Gasteiger partial charge in [-0.1, -0.05) is 49.1 Å². The number of alkyl carbamates (subject to hydrolysis) is 2. The first-order valence-electron chi connectivity index (χ1n) is 29.4. The quantitative estimate of drug-likeness (QED) is 0.0116. The highest BCUT2D eigenvalue weighted by Gasteiger charge is 2.41. The Morgan fingerprint density at radius 1 is 0.805 bits per heavy atom. The predicted octanol–water partition coefficient (Wildman–Crippen LogP) is 12.5. The maximum absolute atomic E-state index is 14.4. The standard InChI is InChI=1S/C63H86ClN6O16P/c1-12-32-81-58(75)65-30-18-17-24-48(67-60(77)83-61(2,3)4)56(73)66-43-28-26-41(27-29-43)40-82-59(76)68-49-35-53(52(79-11)34-47(49)57(74)69-31-20-21-44(69)39-71)80-33-19-13-14-25-54(72)70-38-42(37-64)55-46-23-16-15-22-45(46)51(36-50(55)70)84-87(78,85-62(5,6)7)86-63(8,9)10/h12,15-16,22-23,26-29,34-36,42,44,48,71H,1,13-14,17-21,24-25,30-33,37-40H2,2-11H3,(H,65,75)(H,66,73)(H,67,77)(H,68,76)/t42-,44+,48+/m1/s1. The minimum Gasteiger partial charge on any atom is -0.493 e. The molecule has 0 radical (unpaired) electrons. The zero-order valence-corrected chi connectivity index (χ0v) is 53.3. The summed E-state index contributed by atoms with van der Waals surface area (Å²) in [5, 5.41) is 22.4. The van der Waals surface area contributed by atoms with Crippen LogP contribution in [0.4, 0.5) is 31.4 Å². The van der Waals surface area contributed by atoms with Gasteiger partial charge in [0.2, 0.25) is 11.8 Å². The Morgan fingerprint density at radius 2 is 1.51 bits per heavy atom. The van der Waals surface area contributed by atoms with E-state index >= 15 is 0 Å². The molecule has 3 atom stereocenters. The van der Waals surface area contributed by atoms with Gasteiger partial charge in [0, 0.05) is 61.1 Å².